The lowest BCUT2D eigenvalue weighted by atomic mass is 10.2. The van der Waals surface area contributed by atoms with Crippen LogP contribution in [0.1, 0.15) is 22.5 Å². The summed E-state index contributed by atoms with van der Waals surface area (Å²) in [7, 11) is -3.68. The number of rotatable bonds is 4. The molecule has 0 saturated heterocycles. The fourth-order valence-corrected chi connectivity index (χ4v) is 3.70. The Labute approximate surface area is 129 Å². The van der Waals surface area contributed by atoms with Crippen molar-refractivity contribution >= 4 is 21.4 Å². The van der Waals surface area contributed by atoms with Gasteiger partial charge in [-0.1, -0.05) is 12.1 Å². The summed E-state index contributed by atoms with van der Waals surface area (Å²) < 4.78 is 24.9. The first-order valence-corrected chi connectivity index (χ1v) is 8.47. The smallest absolute Gasteiger partial charge is 0.240 e. The number of aryl methyl sites for hydroxylation is 4. The first-order chi connectivity index (χ1) is 10.2. The standard InChI is InChI=1S/C15H19N3O3S/c1-9-5-6-10(2)13(7-9)22(20,21)8-14(19)16-15-11(3)17-18-12(15)4/h5-7H,8H2,1-4H3,(H,16,19)(H,17,18). The molecule has 7 heteroatoms. The van der Waals surface area contributed by atoms with Gasteiger partial charge in [0.2, 0.25) is 5.91 Å². The predicted molar refractivity (Wildman–Crippen MR) is 84.7 cm³/mol. The highest BCUT2D eigenvalue weighted by atomic mass is 32.2. The predicted octanol–water partition coefficient (Wildman–Crippen LogP) is 2.06. The van der Waals surface area contributed by atoms with Crippen LogP contribution >= 0.6 is 0 Å². The highest BCUT2D eigenvalue weighted by Crippen LogP contribution is 2.20. The Bertz CT molecular complexity index is 803. The van der Waals surface area contributed by atoms with E-state index in [1.807, 2.05) is 13.0 Å². The van der Waals surface area contributed by atoms with Gasteiger partial charge in [0.25, 0.3) is 0 Å². The van der Waals surface area contributed by atoms with E-state index in [-0.39, 0.29) is 4.90 Å². The number of carbonyl (C=O) groups is 1. The van der Waals surface area contributed by atoms with Crippen molar-refractivity contribution < 1.29 is 13.2 Å². The van der Waals surface area contributed by atoms with Crippen molar-refractivity contribution in [3.05, 3.63) is 40.7 Å². The molecular weight excluding hydrogens is 302 g/mol. The molecule has 0 spiro atoms. The molecule has 0 fully saturated rings. The number of H-pyrrole nitrogens is 1. The number of hydrogen-bond donors (Lipinski definition) is 2. The first-order valence-electron chi connectivity index (χ1n) is 6.82. The van der Waals surface area contributed by atoms with Crippen molar-refractivity contribution in [2.75, 3.05) is 11.1 Å². The lowest BCUT2D eigenvalue weighted by Gasteiger charge is -2.09. The molecule has 118 valence electrons. The summed E-state index contributed by atoms with van der Waals surface area (Å²) in [6.07, 6.45) is 0. The number of amides is 1. The summed E-state index contributed by atoms with van der Waals surface area (Å²) in [5, 5.41) is 9.31. The summed E-state index contributed by atoms with van der Waals surface area (Å²) in [6.45, 7) is 7.03. The van der Waals surface area contributed by atoms with Crippen LogP contribution in [0.2, 0.25) is 0 Å². The Balaban J connectivity index is 2.22. The van der Waals surface area contributed by atoms with Crippen molar-refractivity contribution in [2.45, 2.75) is 32.6 Å². The topological polar surface area (TPSA) is 91.9 Å². The Morgan fingerprint density at radius 2 is 1.91 bits per heavy atom. The van der Waals surface area contributed by atoms with Gasteiger partial charge in [-0.25, -0.2) is 8.42 Å². The van der Waals surface area contributed by atoms with E-state index < -0.39 is 21.5 Å². The van der Waals surface area contributed by atoms with Crippen LogP contribution in [0.5, 0.6) is 0 Å². The minimum absolute atomic E-state index is 0.197. The molecule has 1 aromatic carbocycles. The van der Waals surface area contributed by atoms with Gasteiger partial charge in [-0.15, -0.1) is 0 Å². The second-order valence-electron chi connectivity index (χ2n) is 5.39. The number of anilines is 1. The summed E-state index contributed by atoms with van der Waals surface area (Å²) >= 11 is 0. The molecule has 0 aliphatic heterocycles. The molecule has 22 heavy (non-hydrogen) atoms. The van der Waals surface area contributed by atoms with Gasteiger partial charge in [-0.05, 0) is 44.9 Å². The van der Waals surface area contributed by atoms with Gasteiger partial charge < -0.3 is 5.32 Å². The molecule has 1 heterocycles. The summed E-state index contributed by atoms with van der Waals surface area (Å²) in [5.74, 6) is -1.17. The molecule has 0 atom stereocenters. The highest BCUT2D eigenvalue weighted by Gasteiger charge is 2.22. The molecule has 0 aliphatic rings. The number of sulfone groups is 1. The molecule has 6 nitrogen and oxygen atoms in total. The number of aromatic nitrogens is 2. The molecule has 1 amide bonds. The SMILES string of the molecule is Cc1ccc(C)c(S(=O)(=O)CC(=O)Nc2c(C)n[nH]c2C)c1. The zero-order valence-electron chi connectivity index (χ0n) is 13.0. The molecule has 0 aliphatic carbocycles. The van der Waals surface area contributed by atoms with Crippen LogP contribution in [0.25, 0.3) is 0 Å². The molecule has 1 aromatic heterocycles. The highest BCUT2D eigenvalue weighted by molar-refractivity contribution is 7.92. The first kappa shape index (κ1) is 16.2. The Morgan fingerprint density at radius 1 is 1.23 bits per heavy atom. The Hall–Kier alpha value is -2.15. The van der Waals surface area contributed by atoms with E-state index in [2.05, 4.69) is 15.5 Å². The lowest BCUT2D eigenvalue weighted by Crippen LogP contribution is -2.24. The number of aromatic amines is 1. The van der Waals surface area contributed by atoms with Gasteiger partial charge in [-0.2, -0.15) is 5.10 Å². The third-order valence-corrected chi connectivity index (χ3v) is 5.14. The normalized spacial score (nSPS) is 11.5. The maximum absolute atomic E-state index is 12.4. The molecule has 2 rings (SSSR count). The molecule has 0 radical (unpaired) electrons. The van der Waals surface area contributed by atoms with E-state index in [4.69, 9.17) is 0 Å². The monoisotopic (exact) mass is 321 g/mol. The van der Waals surface area contributed by atoms with E-state index >= 15 is 0 Å². The van der Waals surface area contributed by atoms with Crippen molar-refractivity contribution in [3.8, 4) is 0 Å². The summed E-state index contributed by atoms with van der Waals surface area (Å²) in [6, 6.07) is 5.17. The largest absolute Gasteiger partial charge is 0.322 e. The van der Waals surface area contributed by atoms with E-state index in [0.717, 1.165) is 5.56 Å². The molecule has 2 N–H and O–H groups in total. The van der Waals surface area contributed by atoms with E-state index in [1.165, 1.54) is 0 Å². The third-order valence-electron chi connectivity index (χ3n) is 3.39. The second-order valence-corrected chi connectivity index (χ2v) is 7.34. The molecule has 0 bridgehead atoms. The Morgan fingerprint density at radius 3 is 2.50 bits per heavy atom. The second kappa shape index (κ2) is 5.92. The van der Waals surface area contributed by atoms with Gasteiger partial charge in [0.05, 0.1) is 22.0 Å². The van der Waals surface area contributed by atoms with Crippen LogP contribution in [-0.4, -0.2) is 30.3 Å². The van der Waals surface area contributed by atoms with Crippen LogP contribution in [0.4, 0.5) is 5.69 Å². The van der Waals surface area contributed by atoms with Crippen molar-refractivity contribution in [3.63, 3.8) is 0 Å². The van der Waals surface area contributed by atoms with Crippen molar-refractivity contribution in [2.24, 2.45) is 0 Å². The fraction of sp³-hybridized carbons (Fsp3) is 0.333. The average molecular weight is 321 g/mol. The number of carbonyl (C=O) groups excluding carboxylic acids is 1. The summed E-state index contributed by atoms with van der Waals surface area (Å²) in [4.78, 5) is 12.3. The number of hydrogen-bond acceptors (Lipinski definition) is 4. The molecule has 2 aromatic rings. The van der Waals surface area contributed by atoms with Gasteiger partial charge in [0, 0.05) is 0 Å². The molecule has 0 unspecified atom stereocenters. The van der Waals surface area contributed by atoms with Crippen LogP contribution < -0.4 is 5.32 Å². The number of nitrogens with one attached hydrogen (secondary N) is 2. The number of nitrogens with zero attached hydrogens (tertiary/aromatic N) is 1. The molecule has 0 saturated carbocycles. The van der Waals surface area contributed by atoms with Crippen molar-refractivity contribution in [1.29, 1.82) is 0 Å². The van der Waals surface area contributed by atoms with E-state index in [9.17, 15) is 13.2 Å². The third kappa shape index (κ3) is 3.36. The van der Waals surface area contributed by atoms with Gasteiger partial charge >= 0.3 is 0 Å². The van der Waals surface area contributed by atoms with Gasteiger partial charge in [-0.3, -0.25) is 9.89 Å². The van der Waals surface area contributed by atoms with Crippen molar-refractivity contribution in [1.82, 2.24) is 10.2 Å². The Kier molecular flexibility index (Phi) is 4.37. The van der Waals surface area contributed by atoms with Crippen LogP contribution in [0.15, 0.2) is 23.1 Å². The maximum atomic E-state index is 12.4. The van der Waals surface area contributed by atoms with Gasteiger partial charge in [0.15, 0.2) is 9.84 Å². The van der Waals surface area contributed by atoms with Gasteiger partial charge in [0.1, 0.15) is 5.75 Å². The average Bonchev–Trinajstić information content (AvgIpc) is 2.72. The summed E-state index contributed by atoms with van der Waals surface area (Å²) in [5.41, 5.74) is 3.31. The van der Waals surface area contributed by atoms with E-state index in [1.54, 1.807) is 32.9 Å². The zero-order valence-corrected chi connectivity index (χ0v) is 13.8. The minimum atomic E-state index is -3.68. The number of benzene rings is 1. The minimum Gasteiger partial charge on any atom is -0.322 e. The quantitative estimate of drug-likeness (QED) is 0.901. The van der Waals surface area contributed by atoms with Crippen LogP contribution in [0.3, 0.4) is 0 Å². The van der Waals surface area contributed by atoms with Crippen LogP contribution in [-0.2, 0) is 14.6 Å². The maximum Gasteiger partial charge on any atom is 0.240 e. The van der Waals surface area contributed by atoms with E-state index in [0.29, 0.717) is 22.6 Å². The lowest BCUT2D eigenvalue weighted by molar-refractivity contribution is -0.113. The fourth-order valence-electron chi connectivity index (χ4n) is 2.20. The molecular formula is C15H19N3O3S. The zero-order chi connectivity index (χ0) is 16.5. The van der Waals surface area contributed by atoms with Crippen LogP contribution in [0, 0.1) is 27.7 Å².